The summed E-state index contributed by atoms with van der Waals surface area (Å²) in [4.78, 5) is 28.7. The lowest BCUT2D eigenvalue weighted by Crippen LogP contribution is -2.49. The summed E-state index contributed by atoms with van der Waals surface area (Å²) >= 11 is 5.15. The zero-order valence-corrected chi connectivity index (χ0v) is 20.6. The van der Waals surface area contributed by atoms with E-state index in [0.29, 0.717) is 18.7 Å². The van der Waals surface area contributed by atoms with E-state index in [-0.39, 0.29) is 17.9 Å². The molecule has 162 valence electrons. The van der Waals surface area contributed by atoms with Crippen molar-refractivity contribution in [1.82, 2.24) is 10.2 Å². The number of amides is 2. The third kappa shape index (κ3) is 7.80. The van der Waals surface area contributed by atoms with Crippen molar-refractivity contribution in [2.45, 2.75) is 64.1 Å². The molecule has 0 aliphatic heterocycles. The number of halogens is 1. The van der Waals surface area contributed by atoms with Gasteiger partial charge in [0.2, 0.25) is 11.8 Å². The number of nitrogens with one attached hydrogen (secondary N) is 1. The first-order chi connectivity index (χ1) is 14.3. The molecule has 0 saturated carbocycles. The van der Waals surface area contributed by atoms with Crippen LogP contribution in [0.4, 0.5) is 0 Å². The highest BCUT2D eigenvalue weighted by atomic mass is 79.9. The van der Waals surface area contributed by atoms with Crippen molar-refractivity contribution in [3.63, 3.8) is 0 Å². The van der Waals surface area contributed by atoms with Gasteiger partial charge in [-0.3, -0.25) is 9.59 Å². The van der Waals surface area contributed by atoms with Crippen LogP contribution in [0.3, 0.4) is 0 Å². The molecule has 0 aliphatic rings. The minimum Gasteiger partial charge on any atom is -0.352 e. The topological polar surface area (TPSA) is 49.4 Å². The molecule has 2 rings (SSSR count). The number of nitrogens with zero attached hydrogens (tertiary/aromatic N) is 1. The summed E-state index contributed by atoms with van der Waals surface area (Å²) in [5.41, 5.74) is 2.21. The highest BCUT2D eigenvalue weighted by molar-refractivity contribution is 9.10. The maximum Gasteiger partial charge on any atom is 0.242 e. The van der Waals surface area contributed by atoms with E-state index in [1.807, 2.05) is 38.1 Å². The fraction of sp³-hybridized carbons (Fsp3) is 0.417. The summed E-state index contributed by atoms with van der Waals surface area (Å²) < 4.78 is 0.957. The summed E-state index contributed by atoms with van der Waals surface area (Å²) in [6, 6.07) is 15.7. The van der Waals surface area contributed by atoms with Gasteiger partial charge in [0.25, 0.3) is 0 Å². The van der Waals surface area contributed by atoms with E-state index < -0.39 is 6.04 Å². The van der Waals surface area contributed by atoms with E-state index in [2.05, 4.69) is 52.4 Å². The fourth-order valence-corrected chi connectivity index (χ4v) is 4.20. The number of carbonyl (C=O) groups is 2. The molecule has 2 amide bonds. The smallest absolute Gasteiger partial charge is 0.242 e. The monoisotopic (exact) mass is 490 g/mol. The Morgan fingerprint density at radius 1 is 1.13 bits per heavy atom. The highest BCUT2D eigenvalue weighted by Crippen LogP contribution is 2.21. The van der Waals surface area contributed by atoms with Crippen molar-refractivity contribution in [3.8, 4) is 0 Å². The quantitative estimate of drug-likeness (QED) is 0.442. The molecule has 6 heteroatoms. The van der Waals surface area contributed by atoms with Crippen molar-refractivity contribution in [2.75, 3.05) is 5.75 Å². The lowest BCUT2D eigenvalue weighted by molar-refractivity contribution is -0.140. The second-order valence-corrected chi connectivity index (χ2v) is 9.64. The fourth-order valence-electron chi connectivity index (χ4n) is 2.91. The number of hydrogen-bond acceptors (Lipinski definition) is 3. The van der Waals surface area contributed by atoms with Gasteiger partial charge in [-0.25, -0.2) is 0 Å². The molecule has 0 unspecified atom stereocenters. The zero-order valence-electron chi connectivity index (χ0n) is 18.2. The molecule has 0 aliphatic carbocycles. The minimum atomic E-state index is -0.533. The predicted molar refractivity (Wildman–Crippen MR) is 129 cm³/mol. The van der Waals surface area contributed by atoms with Crippen LogP contribution in [0.15, 0.2) is 57.9 Å². The van der Waals surface area contributed by atoms with Gasteiger partial charge in [-0.2, -0.15) is 0 Å². The first-order valence-corrected chi connectivity index (χ1v) is 12.1. The number of aryl methyl sites for hydroxylation is 1. The molecule has 0 heterocycles. The Balaban J connectivity index is 2.07. The summed E-state index contributed by atoms with van der Waals surface area (Å²) in [5, 5.41) is 3.00. The second kappa shape index (κ2) is 12.2. The van der Waals surface area contributed by atoms with Crippen molar-refractivity contribution < 1.29 is 9.59 Å². The van der Waals surface area contributed by atoms with Gasteiger partial charge in [0.15, 0.2) is 0 Å². The van der Waals surface area contributed by atoms with E-state index in [1.54, 1.807) is 23.6 Å². The first kappa shape index (κ1) is 24.5. The molecule has 4 nitrogen and oxygen atoms in total. The van der Waals surface area contributed by atoms with Gasteiger partial charge in [0, 0.05) is 34.1 Å². The standard InChI is InChI=1S/C24H31BrN2O2S/c1-5-18(3)26-24(29)19(4)27(16-20-7-6-8-21(25)15-20)23(28)13-14-30-22-11-9-17(2)10-12-22/h6-12,15,18-19H,5,13-14,16H2,1-4H3,(H,26,29)/t18-,19+/m1/s1. The Kier molecular flexibility index (Phi) is 9.92. The van der Waals surface area contributed by atoms with E-state index in [1.165, 1.54) is 5.56 Å². The van der Waals surface area contributed by atoms with Gasteiger partial charge < -0.3 is 10.2 Å². The van der Waals surface area contributed by atoms with Gasteiger partial charge in [-0.05, 0) is 57.0 Å². The molecule has 2 aromatic rings. The predicted octanol–water partition coefficient (Wildman–Crippen LogP) is 5.57. The van der Waals surface area contributed by atoms with Crippen molar-refractivity contribution in [3.05, 3.63) is 64.1 Å². The maximum absolute atomic E-state index is 13.1. The molecular formula is C24H31BrN2O2S. The zero-order chi connectivity index (χ0) is 22.1. The van der Waals surface area contributed by atoms with Crippen LogP contribution in [0.2, 0.25) is 0 Å². The van der Waals surface area contributed by atoms with Crippen LogP contribution in [0.25, 0.3) is 0 Å². The summed E-state index contributed by atoms with van der Waals surface area (Å²) in [6.07, 6.45) is 1.23. The third-order valence-electron chi connectivity index (χ3n) is 5.02. The highest BCUT2D eigenvalue weighted by Gasteiger charge is 2.26. The van der Waals surface area contributed by atoms with Crippen LogP contribution in [0, 0.1) is 6.92 Å². The van der Waals surface area contributed by atoms with Crippen LogP contribution in [0.1, 0.15) is 44.7 Å². The molecule has 0 saturated heterocycles. The molecule has 0 radical (unpaired) electrons. The van der Waals surface area contributed by atoms with E-state index in [0.717, 1.165) is 21.4 Å². The molecule has 2 atom stereocenters. The lowest BCUT2D eigenvalue weighted by atomic mass is 10.1. The third-order valence-corrected chi connectivity index (χ3v) is 6.52. The number of benzene rings is 2. The van der Waals surface area contributed by atoms with Crippen LogP contribution >= 0.6 is 27.7 Å². The van der Waals surface area contributed by atoms with Crippen LogP contribution in [-0.4, -0.2) is 34.6 Å². The normalized spacial score (nSPS) is 12.8. The van der Waals surface area contributed by atoms with Crippen LogP contribution in [0.5, 0.6) is 0 Å². The summed E-state index contributed by atoms with van der Waals surface area (Å²) in [7, 11) is 0. The molecule has 30 heavy (non-hydrogen) atoms. The first-order valence-electron chi connectivity index (χ1n) is 10.3. The SMILES string of the molecule is CC[C@@H](C)NC(=O)[C@H](C)N(Cc1cccc(Br)c1)C(=O)CCSc1ccc(C)cc1. The Morgan fingerprint density at radius 3 is 2.47 bits per heavy atom. The Morgan fingerprint density at radius 2 is 1.83 bits per heavy atom. The Bertz CT molecular complexity index is 841. The van der Waals surface area contributed by atoms with Crippen LogP contribution in [-0.2, 0) is 16.1 Å². The van der Waals surface area contributed by atoms with Crippen molar-refractivity contribution in [1.29, 1.82) is 0 Å². The number of thioether (sulfide) groups is 1. The second-order valence-electron chi connectivity index (χ2n) is 7.56. The molecule has 0 aromatic heterocycles. The summed E-state index contributed by atoms with van der Waals surface area (Å²) in [6.45, 7) is 8.28. The Labute approximate surface area is 192 Å². The van der Waals surface area contributed by atoms with Gasteiger partial charge in [0.1, 0.15) is 6.04 Å². The number of carbonyl (C=O) groups excluding carboxylic acids is 2. The lowest BCUT2D eigenvalue weighted by Gasteiger charge is -2.29. The average molecular weight is 491 g/mol. The molecule has 0 spiro atoms. The number of hydrogen-bond donors (Lipinski definition) is 1. The average Bonchev–Trinajstić information content (AvgIpc) is 2.72. The van der Waals surface area contributed by atoms with Gasteiger partial charge in [-0.15, -0.1) is 11.8 Å². The van der Waals surface area contributed by atoms with Crippen LogP contribution < -0.4 is 5.32 Å². The van der Waals surface area contributed by atoms with E-state index in [4.69, 9.17) is 0 Å². The summed E-state index contributed by atoms with van der Waals surface area (Å²) in [5.74, 6) is 0.552. The molecule has 1 N–H and O–H groups in total. The molecular weight excluding hydrogens is 460 g/mol. The molecule has 0 fully saturated rings. The van der Waals surface area contributed by atoms with Gasteiger partial charge in [-0.1, -0.05) is 52.7 Å². The van der Waals surface area contributed by atoms with Crippen molar-refractivity contribution >= 4 is 39.5 Å². The maximum atomic E-state index is 13.1. The Hall–Kier alpha value is -1.79. The minimum absolute atomic E-state index is 0.0126. The van der Waals surface area contributed by atoms with E-state index >= 15 is 0 Å². The molecule has 0 bridgehead atoms. The van der Waals surface area contributed by atoms with E-state index in [9.17, 15) is 9.59 Å². The van der Waals surface area contributed by atoms with Gasteiger partial charge in [0.05, 0.1) is 0 Å². The largest absolute Gasteiger partial charge is 0.352 e. The number of rotatable bonds is 10. The molecule has 2 aromatic carbocycles. The van der Waals surface area contributed by atoms with Gasteiger partial charge >= 0.3 is 0 Å². The van der Waals surface area contributed by atoms with Crippen molar-refractivity contribution in [2.24, 2.45) is 0 Å².